The number of nitrogens with zero attached hydrogens (tertiary/aromatic N) is 1. The first-order valence-corrected chi connectivity index (χ1v) is 8.15. The molecule has 3 rings (SSSR count). The van der Waals surface area contributed by atoms with Gasteiger partial charge in [0.2, 0.25) is 0 Å². The third-order valence-corrected chi connectivity index (χ3v) is 5.79. The van der Waals surface area contributed by atoms with E-state index >= 15 is 0 Å². The molecule has 2 heterocycles. The van der Waals surface area contributed by atoms with Crippen molar-refractivity contribution in [2.75, 3.05) is 19.6 Å². The molecular formula is C16H27NO3. The number of piperidine rings is 1. The number of ether oxygens (including phenoxy) is 1. The molecule has 2 aliphatic heterocycles. The average Bonchev–Trinajstić information content (AvgIpc) is 3.03. The van der Waals surface area contributed by atoms with Gasteiger partial charge in [-0.05, 0) is 58.5 Å². The summed E-state index contributed by atoms with van der Waals surface area (Å²) in [6.45, 7) is 4.68. The van der Waals surface area contributed by atoms with E-state index in [0.29, 0.717) is 6.10 Å². The Morgan fingerprint density at radius 3 is 2.45 bits per heavy atom. The van der Waals surface area contributed by atoms with E-state index in [1.807, 2.05) is 6.92 Å². The summed E-state index contributed by atoms with van der Waals surface area (Å²) >= 11 is 0. The van der Waals surface area contributed by atoms with Gasteiger partial charge in [-0.1, -0.05) is 12.8 Å². The molecule has 4 heteroatoms. The van der Waals surface area contributed by atoms with Crippen LogP contribution < -0.4 is 0 Å². The first kappa shape index (κ1) is 14.3. The van der Waals surface area contributed by atoms with E-state index < -0.39 is 11.4 Å². The minimum Gasteiger partial charge on any atom is -0.481 e. The van der Waals surface area contributed by atoms with Crippen molar-refractivity contribution in [2.45, 2.75) is 70.0 Å². The quantitative estimate of drug-likeness (QED) is 0.864. The Bertz CT molecular complexity index is 368. The van der Waals surface area contributed by atoms with Crippen LogP contribution in [0.3, 0.4) is 0 Å². The van der Waals surface area contributed by atoms with Crippen LogP contribution in [0.2, 0.25) is 0 Å². The first-order valence-electron chi connectivity index (χ1n) is 8.15. The van der Waals surface area contributed by atoms with Crippen LogP contribution in [-0.4, -0.2) is 47.3 Å². The van der Waals surface area contributed by atoms with Crippen molar-refractivity contribution < 1.29 is 14.6 Å². The van der Waals surface area contributed by atoms with Gasteiger partial charge in [-0.15, -0.1) is 0 Å². The van der Waals surface area contributed by atoms with Crippen LogP contribution >= 0.6 is 0 Å². The van der Waals surface area contributed by atoms with Crippen LogP contribution in [-0.2, 0) is 9.53 Å². The van der Waals surface area contributed by atoms with Crippen LogP contribution in [0.1, 0.15) is 58.3 Å². The van der Waals surface area contributed by atoms with E-state index in [1.54, 1.807) is 0 Å². The van der Waals surface area contributed by atoms with Gasteiger partial charge in [-0.2, -0.15) is 0 Å². The van der Waals surface area contributed by atoms with Crippen molar-refractivity contribution in [3.05, 3.63) is 0 Å². The highest BCUT2D eigenvalue weighted by Gasteiger charge is 2.43. The van der Waals surface area contributed by atoms with Crippen LogP contribution in [0.15, 0.2) is 0 Å². The number of carbonyl (C=O) groups is 1. The van der Waals surface area contributed by atoms with Crippen molar-refractivity contribution in [3.63, 3.8) is 0 Å². The van der Waals surface area contributed by atoms with Gasteiger partial charge in [0.1, 0.15) is 0 Å². The Balaban J connectivity index is 1.47. The molecule has 114 valence electrons. The summed E-state index contributed by atoms with van der Waals surface area (Å²) in [5.41, 5.74) is -0.296. The smallest absolute Gasteiger partial charge is 0.309 e. The number of likely N-dealkylation sites (tertiary alicyclic amines) is 1. The van der Waals surface area contributed by atoms with Crippen LogP contribution in [0.25, 0.3) is 0 Å². The number of rotatable bonds is 3. The van der Waals surface area contributed by atoms with Crippen molar-refractivity contribution in [2.24, 2.45) is 5.41 Å². The molecule has 1 N–H and O–H groups in total. The molecule has 0 aromatic heterocycles. The maximum absolute atomic E-state index is 11.3. The minimum absolute atomic E-state index is 0.218. The largest absolute Gasteiger partial charge is 0.481 e. The topological polar surface area (TPSA) is 49.8 Å². The van der Waals surface area contributed by atoms with Gasteiger partial charge in [-0.25, -0.2) is 0 Å². The molecule has 0 radical (unpaired) electrons. The standard InChI is InChI=1S/C16H27NO3/c1-15(14(18)19)8-10-17(11-9-15)12-13-4-7-16(20-13)5-2-3-6-16/h13H,2-12H2,1H3,(H,18,19). The molecule has 1 aliphatic carbocycles. The fourth-order valence-electron chi connectivity index (χ4n) is 4.14. The molecule has 0 aromatic carbocycles. The normalized spacial score (nSPS) is 32.8. The minimum atomic E-state index is -0.640. The number of carboxylic acid groups (broad SMARTS) is 1. The lowest BCUT2D eigenvalue weighted by atomic mass is 9.80. The third-order valence-electron chi connectivity index (χ3n) is 5.79. The lowest BCUT2D eigenvalue weighted by Gasteiger charge is -2.37. The number of hydrogen-bond donors (Lipinski definition) is 1. The molecule has 1 atom stereocenters. The Hall–Kier alpha value is -0.610. The highest BCUT2D eigenvalue weighted by molar-refractivity contribution is 5.74. The second-order valence-electron chi connectivity index (χ2n) is 7.34. The summed E-state index contributed by atoms with van der Waals surface area (Å²) in [4.78, 5) is 13.7. The van der Waals surface area contributed by atoms with Gasteiger partial charge in [0.05, 0.1) is 17.1 Å². The lowest BCUT2D eigenvalue weighted by molar-refractivity contribution is -0.151. The molecule has 3 aliphatic rings. The summed E-state index contributed by atoms with van der Waals surface area (Å²) in [5, 5.41) is 9.26. The van der Waals surface area contributed by atoms with E-state index in [9.17, 15) is 9.90 Å². The zero-order chi connectivity index (χ0) is 14.2. The van der Waals surface area contributed by atoms with E-state index in [-0.39, 0.29) is 5.60 Å². The molecule has 0 bridgehead atoms. The van der Waals surface area contributed by atoms with Crippen LogP contribution in [0.5, 0.6) is 0 Å². The molecule has 0 amide bonds. The summed E-state index contributed by atoms with van der Waals surface area (Å²) in [7, 11) is 0. The first-order chi connectivity index (χ1) is 9.51. The maximum Gasteiger partial charge on any atom is 0.309 e. The monoisotopic (exact) mass is 281 g/mol. The number of hydrogen-bond acceptors (Lipinski definition) is 3. The van der Waals surface area contributed by atoms with E-state index in [0.717, 1.165) is 32.5 Å². The highest BCUT2D eigenvalue weighted by atomic mass is 16.5. The fraction of sp³-hybridized carbons (Fsp3) is 0.938. The van der Waals surface area contributed by atoms with Crippen LogP contribution in [0.4, 0.5) is 0 Å². The van der Waals surface area contributed by atoms with E-state index in [2.05, 4.69) is 4.90 Å². The SMILES string of the molecule is CC1(C(=O)O)CCN(CC2CCC3(CCCC3)O2)CC1. The molecule has 20 heavy (non-hydrogen) atoms. The summed E-state index contributed by atoms with van der Waals surface area (Å²) in [6, 6.07) is 0. The fourth-order valence-corrected chi connectivity index (χ4v) is 4.14. The molecule has 1 spiro atoms. The Morgan fingerprint density at radius 2 is 1.85 bits per heavy atom. The molecule has 2 saturated heterocycles. The lowest BCUT2D eigenvalue weighted by Crippen LogP contribution is -2.45. The van der Waals surface area contributed by atoms with Crippen LogP contribution in [0, 0.1) is 5.41 Å². The summed E-state index contributed by atoms with van der Waals surface area (Å²) in [6.07, 6.45) is 9.48. The highest BCUT2D eigenvalue weighted by Crippen LogP contribution is 2.43. The number of aliphatic carboxylic acids is 1. The molecule has 0 aromatic rings. The summed E-state index contributed by atoms with van der Waals surface area (Å²) < 4.78 is 6.35. The van der Waals surface area contributed by atoms with Gasteiger partial charge in [-0.3, -0.25) is 4.79 Å². The van der Waals surface area contributed by atoms with Gasteiger partial charge in [0, 0.05) is 6.54 Å². The maximum atomic E-state index is 11.3. The second-order valence-corrected chi connectivity index (χ2v) is 7.34. The van der Waals surface area contributed by atoms with Gasteiger partial charge >= 0.3 is 5.97 Å². The number of carboxylic acids is 1. The Kier molecular flexibility index (Phi) is 3.80. The van der Waals surface area contributed by atoms with Gasteiger partial charge in [0.25, 0.3) is 0 Å². The Morgan fingerprint density at radius 1 is 1.20 bits per heavy atom. The zero-order valence-corrected chi connectivity index (χ0v) is 12.6. The van der Waals surface area contributed by atoms with Gasteiger partial charge in [0.15, 0.2) is 0 Å². The van der Waals surface area contributed by atoms with E-state index in [4.69, 9.17) is 4.74 Å². The second kappa shape index (κ2) is 5.30. The average molecular weight is 281 g/mol. The molecule has 1 unspecified atom stereocenters. The van der Waals surface area contributed by atoms with Crippen molar-refractivity contribution in [3.8, 4) is 0 Å². The summed E-state index contributed by atoms with van der Waals surface area (Å²) in [5.74, 6) is -0.640. The molecule has 3 fully saturated rings. The van der Waals surface area contributed by atoms with Gasteiger partial charge < -0.3 is 14.7 Å². The molecule has 4 nitrogen and oxygen atoms in total. The zero-order valence-electron chi connectivity index (χ0n) is 12.6. The molecular weight excluding hydrogens is 254 g/mol. The van der Waals surface area contributed by atoms with Crippen molar-refractivity contribution in [1.82, 2.24) is 4.90 Å². The third kappa shape index (κ3) is 2.73. The van der Waals surface area contributed by atoms with Crippen molar-refractivity contribution >= 4 is 5.97 Å². The predicted molar refractivity (Wildman–Crippen MR) is 76.7 cm³/mol. The molecule has 1 saturated carbocycles. The predicted octanol–water partition coefficient (Wildman–Crippen LogP) is 2.66. The Labute approximate surface area is 121 Å². The van der Waals surface area contributed by atoms with E-state index in [1.165, 1.54) is 38.5 Å². The van der Waals surface area contributed by atoms with Crippen molar-refractivity contribution in [1.29, 1.82) is 0 Å².